The molecule has 0 spiro atoms. The molecule has 0 aromatic heterocycles. The lowest BCUT2D eigenvalue weighted by atomic mass is 10.3. The Balaban J connectivity index is 1.64. The minimum Gasteiger partial charge on any atom is -0.489 e. The second-order valence-electron chi connectivity index (χ2n) is 8.84. The van der Waals surface area contributed by atoms with Gasteiger partial charge >= 0.3 is 5.97 Å². The highest BCUT2D eigenvalue weighted by atomic mass is 16.6. The number of carbonyl (C=O) groups is 1. The summed E-state index contributed by atoms with van der Waals surface area (Å²) in [5.74, 6) is 0.378. The molecule has 14 heteroatoms. The number of carbonyl (C=O) groups excluding carboxylic acids is 1. The first-order valence-electron chi connectivity index (χ1n) is 15.1. The average Bonchev–Trinajstić information content (AvgIpc) is 3.04. The van der Waals surface area contributed by atoms with E-state index in [9.17, 15) is 4.79 Å². The van der Waals surface area contributed by atoms with Crippen LogP contribution < -0.4 is 10.5 Å². The second kappa shape index (κ2) is 32.3. The number of nitrogens with two attached hydrogens (primary N) is 1. The Morgan fingerprint density at radius 1 is 0.477 bits per heavy atom. The number of rotatable bonds is 34. The molecule has 1 rings (SSSR count). The fraction of sp³-hybridized carbons (Fsp3) is 0.767. The fourth-order valence-corrected chi connectivity index (χ4v) is 3.16. The number of ether oxygens (including phenoxy) is 12. The lowest BCUT2D eigenvalue weighted by Gasteiger charge is -2.09. The summed E-state index contributed by atoms with van der Waals surface area (Å²) in [6, 6.07) is 7.37. The van der Waals surface area contributed by atoms with Gasteiger partial charge in [0.1, 0.15) is 12.4 Å². The van der Waals surface area contributed by atoms with E-state index in [0.717, 1.165) is 0 Å². The predicted molar refractivity (Wildman–Crippen MR) is 161 cm³/mol. The molecule has 256 valence electrons. The van der Waals surface area contributed by atoms with Gasteiger partial charge in [-0.05, 0) is 12.1 Å². The topological polar surface area (TPSA) is 154 Å². The van der Waals surface area contributed by atoms with Crippen LogP contribution in [-0.2, 0) is 56.9 Å². The second-order valence-corrected chi connectivity index (χ2v) is 8.84. The van der Waals surface area contributed by atoms with Crippen molar-refractivity contribution in [3.8, 4) is 5.75 Å². The van der Waals surface area contributed by atoms with Crippen molar-refractivity contribution in [1.82, 2.24) is 0 Å². The van der Waals surface area contributed by atoms with Crippen LogP contribution in [0.3, 0.4) is 0 Å². The Kier molecular flexibility index (Phi) is 29.3. The van der Waals surface area contributed by atoms with Crippen LogP contribution in [0.4, 0.5) is 5.69 Å². The lowest BCUT2D eigenvalue weighted by molar-refractivity contribution is -0.141. The van der Waals surface area contributed by atoms with E-state index in [1.165, 1.54) is 7.11 Å². The maximum Gasteiger partial charge on any atom is 0.307 e. The minimum absolute atomic E-state index is 0.244. The van der Waals surface area contributed by atoms with Crippen LogP contribution in [0.5, 0.6) is 5.75 Å². The molecule has 0 fully saturated rings. The Hall–Kier alpha value is -2.11. The molecule has 0 heterocycles. The largest absolute Gasteiger partial charge is 0.489 e. The maximum absolute atomic E-state index is 10.9. The van der Waals surface area contributed by atoms with E-state index in [2.05, 4.69) is 4.74 Å². The number of hydrogen-bond acceptors (Lipinski definition) is 14. The lowest BCUT2D eigenvalue weighted by Crippen LogP contribution is -2.15. The van der Waals surface area contributed by atoms with Crippen molar-refractivity contribution in [2.75, 3.05) is 152 Å². The normalized spacial score (nSPS) is 11.2. The molecule has 0 saturated carbocycles. The van der Waals surface area contributed by atoms with Crippen LogP contribution >= 0.6 is 0 Å². The Morgan fingerprint density at radius 3 is 1.09 bits per heavy atom. The van der Waals surface area contributed by atoms with E-state index in [4.69, 9.17) is 57.8 Å². The standard InChI is InChI=1S/C30H53NO13/c1-33-30(32)6-7-34-8-9-35-10-11-36-12-13-37-14-15-38-16-17-39-18-19-40-20-21-41-22-23-42-24-25-43-26-27-44-29-5-3-2-4-28(29)31/h2-5H,6-27,31H2,1H3. The summed E-state index contributed by atoms with van der Waals surface area (Å²) in [4.78, 5) is 10.9. The molecule has 1 aromatic carbocycles. The van der Waals surface area contributed by atoms with Crippen molar-refractivity contribution in [3.05, 3.63) is 24.3 Å². The van der Waals surface area contributed by atoms with E-state index in [-0.39, 0.29) is 12.4 Å². The third-order valence-electron chi connectivity index (χ3n) is 5.43. The molecule has 14 nitrogen and oxygen atoms in total. The molecule has 0 aliphatic rings. The van der Waals surface area contributed by atoms with Crippen molar-refractivity contribution in [3.63, 3.8) is 0 Å². The number of benzene rings is 1. The number of hydrogen-bond donors (Lipinski definition) is 1. The van der Waals surface area contributed by atoms with Gasteiger partial charge in [0.25, 0.3) is 0 Å². The summed E-state index contributed by atoms with van der Waals surface area (Å²) < 4.78 is 64.3. The molecule has 0 bridgehead atoms. The van der Waals surface area contributed by atoms with Gasteiger partial charge in [0.15, 0.2) is 0 Å². The summed E-state index contributed by atoms with van der Waals surface area (Å²) in [6.07, 6.45) is 0.244. The average molecular weight is 636 g/mol. The van der Waals surface area contributed by atoms with Crippen molar-refractivity contribution in [2.24, 2.45) is 0 Å². The molecule has 0 aliphatic carbocycles. The zero-order valence-corrected chi connectivity index (χ0v) is 26.3. The first-order valence-corrected chi connectivity index (χ1v) is 15.1. The van der Waals surface area contributed by atoms with E-state index >= 15 is 0 Å². The minimum atomic E-state index is -0.287. The predicted octanol–water partition coefficient (Wildman–Crippen LogP) is 1.38. The molecule has 2 N–H and O–H groups in total. The van der Waals surface area contributed by atoms with Crippen LogP contribution in [0.25, 0.3) is 0 Å². The third-order valence-corrected chi connectivity index (χ3v) is 5.43. The third kappa shape index (κ3) is 27.4. The van der Waals surface area contributed by atoms with Gasteiger partial charge in [-0.15, -0.1) is 0 Å². The van der Waals surface area contributed by atoms with Gasteiger partial charge in [-0.25, -0.2) is 0 Å². The summed E-state index contributed by atoms with van der Waals surface area (Å²) in [6.45, 7) is 9.97. The molecule has 0 saturated heterocycles. The number of anilines is 1. The van der Waals surface area contributed by atoms with E-state index < -0.39 is 0 Å². The van der Waals surface area contributed by atoms with Crippen molar-refractivity contribution >= 4 is 11.7 Å². The molecular formula is C30H53NO13. The summed E-state index contributed by atoms with van der Waals surface area (Å²) in [5, 5.41) is 0. The van der Waals surface area contributed by atoms with Gasteiger partial charge in [0.05, 0.1) is 151 Å². The van der Waals surface area contributed by atoms with Crippen LogP contribution in [0, 0.1) is 0 Å². The number of para-hydroxylation sites is 2. The summed E-state index contributed by atoms with van der Waals surface area (Å²) in [7, 11) is 1.35. The Labute approximate surface area is 261 Å². The van der Waals surface area contributed by atoms with Gasteiger partial charge in [0, 0.05) is 0 Å². The highest BCUT2D eigenvalue weighted by Gasteiger charge is 2.00. The SMILES string of the molecule is COC(=O)CCOCCOCCOCCOCCOCCOCCOCCOCCOCCOCCOc1ccccc1N. The Morgan fingerprint density at radius 2 is 0.773 bits per heavy atom. The van der Waals surface area contributed by atoms with Gasteiger partial charge in [0.2, 0.25) is 0 Å². The van der Waals surface area contributed by atoms with Crippen molar-refractivity contribution in [1.29, 1.82) is 0 Å². The molecular weight excluding hydrogens is 582 g/mol. The van der Waals surface area contributed by atoms with Crippen LogP contribution in [-0.4, -0.2) is 152 Å². The quantitative estimate of drug-likeness (QED) is 0.0659. The smallest absolute Gasteiger partial charge is 0.307 e. The molecule has 1 aromatic rings. The van der Waals surface area contributed by atoms with Crippen molar-refractivity contribution in [2.45, 2.75) is 6.42 Å². The van der Waals surface area contributed by atoms with Gasteiger partial charge in [-0.1, -0.05) is 12.1 Å². The number of methoxy groups -OCH3 is 1. The monoisotopic (exact) mass is 635 g/mol. The van der Waals surface area contributed by atoms with Crippen LogP contribution in [0.1, 0.15) is 6.42 Å². The molecule has 0 unspecified atom stereocenters. The molecule has 44 heavy (non-hydrogen) atoms. The van der Waals surface area contributed by atoms with E-state index in [0.29, 0.717) is 150 Å². The summed E-state index contributed by atoms with van der Waals surface area (Å²) in [5.41, 5.74) is 6.43. The highest BCUT2D eigenvalue weighted by Crippen LogP contribution is 2.19. The molecule has 0 amide bonds. The first kappa shape index (κ1) is 39.9. The maximum atomic E-state index is 10.9. The molecule has 0 radical (unpaired) electrons. The Bertz CT molecular complexity index is 759. The van der Waals surface area contributed by atoms with E-state index in [1.807, 2.05) is 18.2 Å². The zero-order valence-electron chi connectivity index (χ0n) is 26.3. The first-order chi connectivity index (χ1) is 21.7. The van der Waals surface area contributed by atoms with Crippen LogP contribution in [0.2, 0.25) is 0 Å². The summed E-state index contributed by atoms with van der Waals surface area (Å²) >= 11 is 0. The van der Waals surface area contributed by atoms with Crippen LogP contribution in [0.15, 0.2) is 24.3 Å². The highest BCUT2D eigenvalue weighted by molar-refractivity contribution is 5.69. The number of nitrogen functional groups attached to an aromatic ring is 1. The van der Waals surface area contributed by atoms with Gasteiger partial charge < -0.3 is 62.6 Å². The van der Waals surface area contributed by atoms with Gasteiger partial charge in [-0.3, -0.25) is 4.79 Å². The van der Waals surface area contributed by atoms with E-state index in [1.54, 1.807) is 6.07 Å². The number of esters is 1. The zero-order chi connectivity index (χ0) is 31.6. The molecule has 0 atom stereocenters. The fourth-order valence-electron chi connectivity index (χ4n) is 3.16. The van der Waals surface area contributed by atoms with Gasteiger partial charge in [-0.2, -0.15) is 0 Å². The molecule has 0 aliphatic heterocycles. The van der Waals surface area contributed by atoms with Crippen molar-refractivity contribution < 1.29 is 61.6 Å².